The van der Waals surface area contributed by atoms with E-state index < -0.39 is 10.0 Å². The van der Waals surface area contributed by atoms with E-state index in [9.17, 15) is 8.42 Å². The van der Waals surface area contributed by atoms with Crippen LogP contribution in [0.25, 0.3) is 0 Å². The number of rotatable bonds is 6. The summed E-state index contributed by atoms with van der Waals surface area (Å²) in [5.41, 5.74) is 5.33. The molecule has 0 aromatic carbocycles. The normalized spacial score (nSPS) is 14.6. The van der Waals surface area contributed by atoms with Crippen LogP contribution in [-0.4, -0.2) is 40.3 Å². The molecule has 12 heavy (non-hydrogen) atoms. The molecule has 0 aromatic heterocycles. The van der Waals surface area contributed by atoms with Crippen molar-refractivity contribution in [1.29, 1.82) is 0 Å². The van der Waals surface area contributed by atoms with Crippen molar-refractivity contribution < 1.29 is 8.42 Å². The highest BCUT2D eigenvalue weighted by molar-refractivity contribution is 7.89. The van der Waals surface area contributed by atoms with E-state index in [2.05, 4.69) is 10.0 Å². The van der Waals surface area contributed by atoms with Crippen LogP contribution in [0.3, 0.4) is 0 Å². The molecule has 0 spiro atoms. The van der Waals surface area contributed by atoms with E-state index in [4.69, 9.17) is 5.73 Å². The molecule has 0 aliphatic carbocycles. The Labute approximate surface area is 73.8 Å². The molecule has 74 valence electrons. The van der Waals surface area contributed by atoms with Crippen LogP contribution in [0.1, 0.15) is 6.92 Å². The minimum absolute atomic E-state index is 0.0911. The van der Waals surface area contributed by atoms with Crippen molar-refractivity contribution in [3.8, 4) is 0 Å². The lowest BCUT2D eigenvalue weighted by atomic mass is 10.3. The van der Waals surface area contributed by atoms with Gasteiger partial charge in [0.25, 0.3) is 0 Å². The summed E-state index contributed by atoms with van der Waals surface area (Å²) in [6.07, 6.45) is 0. The van der Waals surface area contributed by atoms with Crippen molar-refractivity contribution in [2.24, 2.45) is 5.73 Å². The summed E-state index contributed by atoms with van der Waals surface area (Å²) in [6.45, 7) is 2.85. The van der Waals surface area contributed by atoms with Crippen molar-refractivity contribution in [2.75, 3.05) is 25.9 Å². The zero-order valence-corrected chi connectivity index (χ0v) is 8.32. The number of nitrogens with two attached hydrogens (primary N) is 1. The van der Waals surface area contributed by atoms with Gasteiger partial charge in [0.1, 0.15) is 0 Å². The molecule has 0 fully saturated rings. The first-order valence-corrected chi connectivity index (χ1v) is 5.51. The summed E-state index contributed by atoms with van der Waals surface area (Å²) in [5, 5.41) is 2.98. The molecule has 0 amide bonds. The van der Waals surface area contributed by atoms with Crippen molar-refractivity contribution >= 4 is 10.0 Å². The van der Waals surface area contributed by atoms with Gasteiger partial charge in [-0.1, -0.05) is 0 Å². The fourth-order valence-electron chi connectivity index (χ4n) is 0.625. The molecular weight excluding hydrogens is 178 g/mol. The van der Waals surface area contributed by atoms with Gasteiger partial charge in [0.2, 0.25) is 10.0 Å². The van der Waals surface area contributed by atoms with Crippen molar-refractivity contribution in [3.63, 3.8) is 0 Å². The van der Waals surface area contributed by atoms with Gasteiger partial charge in [0, 0.05) is 19.1 Å². The second-order valence-electron chi connectivity index (χ2n) is 2.61. The molecule has 1 atom stereocenters. The second kappa shape index (κ2) is 5.47. The van der Waals surface area contributed by atoms with Gasteiger partial charge < -0.3 is 11.1 Å². The fourth-order valence-corrected chi connectivity index (χ4v) is 1.22. The number of nitrogens with one attached hydrogen (secondary N) is 2. The van der Waals surface area contributed by atoms with Gasteiger partial charge in [-0.15, -0.1) is 0 Å². The van der Waals surface area contributed by atoms with Crippen molar-refractivity contribution in [2.45, 2.75) is 13.0 Å². The molecule has 6 heteroatoms. The first-order chi connectivity index (χ1) is 5.52. The van der Waals surface area contributed by atoms with E-state index in [-0.39, 0.29) is 11.8 Å². The molecule has 5 nitrogen and oxygen atoms in total. The van der Waals surface area contributed by atoms with Gasteiger partial charge in [-0.25, -0.2) is 13.1 Å². The average Bonchev–Trinajstić information content (AvgIpc) is 2.04. The van der Waals surface area contributed by atoms with Crippen LogP contribution in [0, 0.1) is 0 Å². The molecule has 0 saturated heterocycles. The van der Waals surface area contributed by atoms with Gasteiger partial charge in [-0.2, -0.15) is 0 Å². The van der Waals surface area contributed by atoms with E-state index in [1.165, 1.54) is 7.05 Å². The summed E-state index contributed by atoms with van der Waals surface area (Å²) in [4.78, 5) is 0. The van der Waals surface area contributed by atoms with Crippen LogP contribution in [0.15, 0.2) is 0 Å². The first-order valence-electron chi connectivity index (χ1n) is 3.86. The van der Waals surface area contributed by atoms with Crippen molar-refractivity contribution in [3.05, 3.63) is 0 Å². The Bertz CT molecular complexity index is 203. The van der Waals surface area contributed by atoms with Crippen LogP contribution < -0.4 is 15.8 Å². The monoisotopic (exact) mass is 195 g/mol. The molecule has 1 unspecified atom stereocenters. The lowest BCUT2D eigenvalue weighted by Gasteiger charge is -2.10. The smallest absolute Gasteiger partial charge is 0.212 e. The minimum Gasteiger partial charge on any atom is -0.329 e. The van der Waals surface area contributed by atoms with Crippen LogP contribution in [0.5, 0.6) is 0 Å². The third kappa shape index (κ3) is 5.48. The molecule has 0 saturated carbocycles. The maximum absolute atomic E-state index is 10.9. The maximum atomic E-state index is 10.9. The van der Waals surface area contributed by atoms with Gasteiger partial charge in [-0.3, -0.25) is 0 Å². The largest absolute Gasteiger partial charge is 0.329 e. The third-order valence-electron chi connectivity index (χ3n) is 1.53. The summed E-state index contributed by atoms with van der Waals surface area (Å²) in [7, 11) is -1.67. The van der Waals surface area contributed by atoms with Crippen LogP contribution in [0.2, 0.25) is 0 Å². The van der Waals surface area contributed by atoms with Crippen LogP contribution in [0.4, 0.5) is 0 Å². The van der Waals surface area contributed by atoms with E-state index in [0.717, 1.165) is 0 Å². The second-order valence-corrected chi connectivity index (χ2v) is 4.66. The highest BCUT2D eigenvalue weighted by Crippen LogP contribution is 1.81. The summed E-state index contributed by atoms with van der Waals surface area (Å²) >= 11 is 0. The lowest BCUT2D eigenvalue weighted by Crippen LogP contribution is -2.37. The molecule has 0 rings (SSSR count). The van der Waals surface area contributed by atoms with Gasteiger partial charge in [0.15, 0.2) is 0 Å². The number of hydrogen-bond donors (Lipinski definition) is 3. The maximum Gasteiger partial charge on any atom is 0.212 e. The molecule has 0 bridgehead atoms. The lowest BCUT2D eigenvalue weighted by molar-refractivity contribution is 0.558. The van der Waals surface area contributed by atoms with E-state index in [0.29, 0.717) is 13.1 Å². The molecule has 0 aliphatic rings. The van der Waals surface area contributed by atoms with Crippen LogP contribution >= 0.6 is 0 Å². The summed E-state index contributed by atoms with van der Waals surface area (Å²) in [6, 6.07) is 0.164. The zero-order chi connectivity index (χ0) is 9.61. The molecule has 0 radical (unpaired) electrons. The van der Waals surface area contributed by atoms with Gasteiger partial charge in [0.05, 0.1) is 5.75 Å². The molecule has 4 N–H and O–H groups in total. The van der Waals surface area contributed by atoms with Gasteiger partial charge in [-0.05, 0) is 14.0 Å². The predicted octanol–water partition coefficient (Wildman–Crippen LogP) is -1.53. The van der Waals surface area contributed by atoms with Gasteiger partial charge >= 0.3 is 0 Å². The topological polar surface area (TPSA) is 84.2 Å². The highest BCUT2D eigenvalue weighted by Gasteiger charge is 2.06. The quantitative estimate of drug-likeness (QED) is 0.480. The molecule has 0 heterocycles. The Balaban J connectivity index is 3.57. The Morgan fingerprint density at radius 1 is 1.50 bits per heavy atom. The average molecular weight is 195 g/mol. The summed E-state index contributed by atoms with van der Waals surface area (Å²) < 4.78 is 24.0. The van der Waals surface area contributed by atoms with Crippen molar-refractivity contribution in [1.82, 2.24) is 10.0 Å². The zero-order valence-electron chi connectivity index (χ0n) is 7.50. The molecule has 0 aliphatic heterocycles. The molecule has 0 aromatic rings. The standard InChI is InChI=1S/C6H17N3O2S/c1-6(5-7)9-3-4-12(10,11)8-2/h6,8-9H,3-5,7H2,1-2H3. The van der Waals surface area contributed by atoms with Crippen LogP contribution in [-0.2, 0) is 10.0 Å². The first kappa shape index (κ1) is 11.8. The Morgan fingerprint density at radius 2 is 2.08 bits per heavy atom. The summed E-state index contributed by atoms with van der Waals surface area (Å²) in [5.74, 6) is 0.0911. The highest BCUT2D eigenvalue weighted by atomic mass is 32.2. The Hall–Kier alpha value is -0.170. The fraction of sp³-hybridized carbons (Fsp3) is 1.00. The predicted molar refractivity (Wildman–Crippen MR) is 49.4 cm³/mol. The number of sulfonamides is 1. The molecular formula is C6H17N3O2S. The SMILES string of the molecule is CNS(=O)(=O)CCNC(C)CN. The Morgan fingerprint density at radius 3 is 2.50 bits per heavy atom. The Kier molecular flexibility index (Phi) is 5.39. The van der Waals surface area contributed by atoms with E-state index in [1.54, 1.807) is 0 Å². The van der Waals surface area contributed by atoms with E-state index >= 15 is 0 Å². The minimum atomic E-state index is -3.08. The van der Waals surface area contributed by atoms with E-state index in [1.807, 2.05) is 6.92 Å². The third-order valence-corrected chi connectivity index (χ3v) is 2.89. The number of hydrogen-bond acceptors (Lipinski definition) is 4.